The van der Waals surface area contributed by atoms with Gasteiger partial charge in [-0.25, -0.2) is 9.59 Å². The summed E-state index contributed by atoms with van der Waals surface area (Å²) in [5.41, 5.74) is 1.54. The SMILES string of the molecule is CC(=O)Oc1ccc(C2CCCN(OC(=O)C(=O)ON3CCCC(c4ccc(OC(C)=O)c(OC(C)=O)c4)C3)C2)cc1OC(C)=O. The number of hydrogen-bond acceptors (Lipinski definition) is 14. The molecule has 0 aliphatic carbocycles. The molecule has 2 aromatic carbocycles. The molecule has 0 radical (unpaired) electrons. The van der Waals surface area contributed by atoms with Crippen LogP contribution in [0.5, 0.6) is 23.0 Å². The summed E-state index contributed by atoms with van der Waals surface area (Å²) in [6.45, 7) is 6.29. The second-order valence-corrected chi connectivity index (χ2v) is 11.0. The van der Waals surface area contributed by atoms with Gasteiger partial charge in [-0.2, -0.15) is 0 Å². The Morgan fingerprint density at radius 2 is 0.891 bits per heavy atom. The minimum absolute atomic E-state index is 0.0978. The number of benzene rings is 2. The Kier molecular flexibility index (Phi) is 11.4. The van der Waals surface area contributed by atoms with Crippen molar-refractivity contribution >= 4 is 35.8 Å². The van der Waals surface area contributed by atoms with E-state index in [9.17, 15) is 28.8 Å². The van der Waals surface area contributed by atoms with E-state index in [1.54, 1.807) is 24.3 Å². The second kappa shape index (κ2) is 15.5. The molecule has 2 aliphatic rings. The van der Waals surface area contributed by atoms with E-state index in [-0.39, 0.29) is 47.9 Å². The lowest BCUT2D eigenvalue weighted by Gasteiger charge is -2.32. The molecule has 0 amide bonds. The number of rotatable bonds is 8. The molecule has 2 atom stereocenters. The van der Waals surface area contributed by atoms with Crippen molar-refractivity contribution in [1.29, 1.82) is 0 Å². The van der Waals surface area contributed by atoms with Crippen LogP contribution in [0.1, 0.15) is 76.3 Å². The van der Waals surface area contributed by atoms with Crippen LogP contribution in [-0.2, 0) is 38.4 Å². The number of carbonyl (C=O) groups excluding carboxylic acids is 6. The zero-order chi connectivity index (χ0) is 33.4. The van der Waals surface area contributed by atoms with E-state index in [1.165, 1.54) is 50.0 Å². The molecular formula is C32H36N2O12. The zero-order valence-electron chi connectivity index (χ0n) is 26.1. The molecule has 14 heteroatoms. The molecule has 0 aromatic heterocycles. The third-order valence-corrected chi connectivity index (χ3v) is 7.25. The predicted molar refractivity (Wildman–Crippen MR) is 157 cm³/mol. The molecule has 2 aliphatic heterocycles. The van der Waals surface area contributed by atoms with Crippen LogP contribution in [0.25, 0.3) is 0 Å². The highest BCUT2D eigenvalue weighted by Crippen LogP contribution is 2.36. The predicted octanol–water partition coefficient (Wildman–Crippen LogP) is 3.36. The van der Waals surface area contributed by atoms with E-state index >= 15 is 0 Å². The number of carbonyl (C=O) groups is 6. The van der Waals surface area contributed by atoms with Crippen molar-refractivity contribution in [3.63, 3.8) is 0 Å². The van der Waals surface area contributed by atoms with Gasteiger partial charge in [-0.15, -0.1) is 10.1 Å². The van der Waals surface area contributed by atoms with Crippen LogP contribution in [0.2, 0.25) is 0 Å². The highest BCUT2D eigenvalue weighted by molar-refractivity contribution is 6.29. The van der Waals surface area contributed by atoms with Gasteiger partial charge in [-0.05, 0) is 61.1 Å². The molecule has 46 heavy (non-hydrogen) atoms. The fourth-order valence-electron chi connectivity index (χ4n) is 5.41. The second-order valence-electron chi connectivity index (χ2n) is 11.0. The molecule has 2 aromatic rings. The maximum atomic E-state index is 12.7. The first-order valence-electron chi connectivity index (χ1n) is 14.8. The Balaban J connectivity index is 1.35. The molecule has 2 fully saturated rings. The fourth-order valence-corrected chi connectivity index (χ4v) is 5.41. The summed E-state index contributed by atoms with van der Waals surface area (Å²) in [5, 5.41) is 2.78. The normalized spacial score (nSPS) is 18.5. The lowest BCUT2D eigenvalue weighted by atomic mass is 9.91. The van der Waals surface area contributed by atoms with Crippen molar-refractivity contribution in [3.8, 4) is 23.0 Å². The molecule has 4 rings (SSSR count). The van der Waals surface area contributed by atoms with Gasteiger partial charge in [0.1, 0.15) is 0 Å². The van der Waals surface area contributed by atoms with Crippen molar-refractivity contribution in [3.05, 3.63) is 47.5 Å². The summed E-state index contributed by atoms with van der Waals surface area (Å²) in [4.78, 5) is 82.3. The Morgan fingerprint density at radius 3 is 1.24 bits per heavy atom. The minimum Gasteiger partial charge on any atom is -0.423 e. The quantitative estimate of drug-likeness (QED) is 0.234. The van der Waals surface area contributed by atoms with Gasteiger partial charge >= 0.3 is 35.8 Å². The summed E-state index contributed by atoms with van der Waals surface area (Å²) >= 11 is 0. The van der Waals surface area contributed by atoms with E-state index in [1.807, 2.05) is 0 Å². The van der Waals surface area contributed by atoms with Gasteiger partial charge in [0.05, 0.1) is 0 Å². The molecular weight excluding hydrogens is 604 g/mol. The van der Waals surface area contributed by atoms with E-state index in [0.717, 1.165) is 24.0 Å². The Bertz CT molecular complexity index is 1390. The molecule has 2 heterocycles. The van der Waals surface area contributed by atoms with Crippen molar-refractivity contribution in [2.45, 2.75) is 65.2 Å². The van der Waals surface area contributed by atoms with Crippen LogP contribution in [0.15, 0.2) is 36.4 Å². The molecule has 2 saturated heterocycles. The molecule has 0 spiro atoms. The van der Waals surface area contributed by atoms with Gasteiger partial charge in [0.15, 0.2) is 23.0 Å². The van der Waals surface area contributed by atoms with Crippen molar-refractivity contribution in [2.24, 2.45) is 0 Å². The maximum Gasteiger partial charge on any atom is 0.438 e. The first-order valence-corrected chi connectivity index (χ1v) is 14.8. The van der Waals surface area contributed by atoms with Crippen molar-refractivity contribution in [2.75, 3.05) is 26.2 Å². The molecule has 2 unspecified atom stereocenters. The number of ether oxygens (including phenoxy) is 4. The molecule has 246 valence electrons. The van der Waals surface area contributed by atoms with Crippen LogP contribution in [0.3, 0.4) is 0 Å². The van der Waals surface area contributed by atoms with Crippen LogP contribution in [-0.4, -0.2) is 72.1 Å². The highest BCUT2D eigenvalue weighted by Gasteiger charge is 2.31. The van der Waals surface area contributed by atoms with Crippen LogP contribution >= 0.6 is 0 Å². The first-order chi connectivity index (χ1) is 21.9. The average Bonchev–Trinajstić information content (AvgIpc) is 2.98. The minimum atomic E-state index is -1.17. The monoisotopic (exact) mass is 640 g/mol. The molecule has 0 saturated carbocycles. The smallest absolute Gasteiger partial charge is 0.423 e. The summed E-state index contributed by atoms with van der Waals surface area (Å²) < 4.78 is 20.7. The molecule has 14 nitrogen and oxygen atoms in total. The van der Waals surface area contributed by atoms with Crippen LogP contribution in [0.4, 0.5) is 0 Å². The zero-order valence-corrected chi connectivity index (χ0v) is 26.1. The van der Waals surface area contributed by atoms with E-state index in [0.29, 0.717) is 25.9 Å². The number of piperidine rings is 2. The number of hydroxylamine groups is 4. The third kappa shape index (κ3) is 9.59. The summed E-state index contributed by atoms with van der Waals surface area (Å²) in [6, 6.07) is 9.76. The van der Waals surface area contributed by atoms with Crippen LogP contribution in [0, 0.1) is 0 Å². The van der Waals surface area contributed by atoms with Gasteiger partial charge < -0.3 is 28.6 Å². The largest absolute Gasteiger partial charge is 0.438 e. The fraction of sp³-hybridized carbons (Fsp3) is 0.438. The van der Waals surface area contributed by atoms with Gasteiger partial charge in [0.2, 0.25) is 0 Å². The number of nitrogens with zero attached hydrogens (tertiary/aromatic N) is 2. The maximum absolute atomic E-state index is 12.7. The number of hydrogen-bond donors (Lipinski definition) is 0. The van der Waals surface area contributed by atoms with Gasteiger partial charge in [-0.1, -0.05) is 12.1 Å². The molecule has 0 bridgehead atoms. The van der Waals surface area contributed by atoms with E-state index < -0.39 is 35.8 Å². The van der Waals surface area contributed by atoms with Gasteiger partial charge in [0, 0.05) is 65.7 Å². The lowest BCUT2D eigenvalue weighted by molar-refractivity contribution is -0.223. The Hall–Kier alpha value is -4.82. The number of esters is 4. The Labute approximate surface area is 265 Å². The van der Waals surface area contributed by atoms with Crippen molar-refractivity contribution in [1.82, 2.24) is 10.1 Å². The first kappa shape index (κ1) is 34.1. The molecule has 0 N–H and O–H groups in total. The van der Waals surface area contributed by atoms with Gasteiger partial charge in [0.25, 0.3) is 0 Å². The lowest BCUT2D eigenvalue weighted by Crippen LogP contribution is -2.42. The Morgan fingerprint density at radius 1 is 0.543 bits per heavy atom. The summed E-state index contributed by atoms with van der Waals surface area (Å²) in [7, 11) is 0. The topological polar surface area (TPSA) is 164 Å². The van der Waals surface area contributed by atoms with Crippen molar-refractivity contribution < 1.29 is 57.4 Å². The average molecular weight is 641 g/mol. The highest BCUT2D eigenvalue weighted by atomic mass is 16.8. The summed E-state index contributed by atoms with van der Waals surface area (Å²) in [5.74, 6) is -4.47. The third-order valence-electron chi connectivity index (χ3n) is 7.25. The van der Waals surface area contributed by atoms with Gasteiger partial charge in [-0.3, -0.25) is 19.2 Å². The van der Waals surface area contributed by atoms with Crippen LogP contribution < -0.4 is 18.9 Å². The van der Waals surface area contributed by atoms with E-state index in [4.69, 9.17) is 28.6 Å². The van der Waals surface area contributed by atoms with E-state index in [2.05, 4.69) is 0 Å². The summed E-state index contributed by atoms with van der Waals surface area (Å²) in [6.07, 6.45) is 2.78. The standard InChI is InChI=1S/C32H36N2O12/c1-19(35)41-27-11-9-23(15-29(27)43-21(3)37)25-7-5-13-33(17-25)45-31(39)32(40)46-34-14-6-8-26(18-34)24-10-12-28(42-20(2)36)30(16-24)44-22(4)38/h9-12,15-16,25-26H,5-8,13-14,17-18H2,1-4H3.